The first-order valence-electron chi connectivity index (χ1n) is 8.36. The van der Waals surface area contributed by atoms with Crippen LogP contribution < -0.4 is 5.73 Å². The van der Waals surface area contributed by atoms with Crippen LogP contribution in [-0.2, 0) is 20.2 Å². The SMILES string of the molecule is Cc1cc(C(C)(C)C)cc(C)c1S(=O)(=O)N1CCC(C(N)=O)CC1. The van der Waals surface area contributed by atoms with E-state index in [0.29, 0.717) is 30.8 Å². The van der Waals surface area contributed by atoms with Crippen molar-refractivity contribution in [3.05, 3.63) is 28.8 Å². The molecule has 2 N–H and O–H groups in total. The van der Waals surface area contributed by atoms with Gasteiger partial charge in [-0.2, -0.15) is 4.31 Å². The summed E-state index contributed by atoms with van der Waals surface area (Å²) >= 11 is 0. The summed E-state index contributed by atoms with van der Waals surface area (Å²) in [6.07, 6.45) is 0.986. The molecule has 0 aliphatic carbocycles. The predicted octanol–water partition coefficient (Wildman–Crippen LogP) is 2.49. The normalized spacial score (nSPS) is 17.9. The average molecular weight is 353 g/mol. The van der Waals surface area contributed by atoms with Crippen LogP contribution in [0.4, 0.5) is 0 Å². The number of nitrogens with zero attached hydrogens (tertiary/aromatic N) is 1. The monoisotopic (exact) mass is 352 g/mol. The molecular formula is C18H28N2O3S. The Balaban J connectivity index is 2.36. The van der Waals surface area contributed by atoms with Gasteiger partial charge in [-0.3, -0.25) is 4.79 Å². The van der Waals surface area contributed by atoms with E-state index >= 15 is 0 Å². The van der Waals surface area contributed by atoms with Gasteiger partial charge in [0.15, 0.2) is 0 Å². The minimum absolute atomic E-state index is 0.0301. The largest absolute Gasteiger partial charge is 0.369 e. The molecule has 1 fully saturated rings. The van der Waals surface area contributed by atoms with Gasteiger partial charge in [-0.05, 0) is 48.8 Å². The number of benzene rings is 1. The number of hydrogen-bond donors (Lipinski definition) is 1. The number of rotatable bonds is 3. The maximum atomic E-state index is 13.1. The van der Waals surface area contributed by atoms with Crippen molar-refractivity contribution in [3.8, 4) is 0 Å². The molecule has 5 nitrogen and oxygen atoms in total. The first-order valence-corrected chi connectivity index (χ1v) is 9.80. The number of hydrogen-bond acceptors (Lipinski definition) is 3. The van der Waals surface area contributed by atoms with Gasteiger partial charge in [0.05, 0.1) is 4.90 Å². The molecule has 1 heterocycles. The highest BCUT2D eigenvalue weighted by Gasteiger charge is 2.33. The van der Waals surface area contributed by atoms with E-state index in [1.165, 1.54) is 4.31 Å². The van der Waals surface area contributed by atoms with E-state index in [0.717, 1.165) is 16.7 Å². The van der Waals surface area contributed by atoms with Crippen molar-refractivity contribution in [2.45, 2.75) is 57.8 Å². The summed E-state index contributed by atoms with van der Waals surface area (Å²) in [7, 11) is -3.55. The van der Waals surface area contributed by atoms with Crippen LogP contribution >= 0.6 is 0 Å². The third-order valence-corrected chi connectivity index (χ3v) is 6.99. The summed E-state index contributed by atoms with van der Waals surface area (Å²) in [4.78, 5) is 11.7. The van der Waals surface area contributed by atoms with Gasteiger partial charge in [0.2, 0.25) is 15.9 Å². The third-order valence-electron chi connectivity index (χ3n) is 4.78. The predicted molar refractivity (Wildman–Crippen MR) is 95.3 cm³/mol. The molecule has 0 bridgehead atoms. The Morgan fingerprint density at radius 2 is 1.58 bits per heavy atom. The first-order chi connectivity index (χ1) is 10.9. The lowest BCUT2D eigenvalue weighted by molar-refractivity contribution is -0.122. The summed E-state index contributed by atoms with van der Waals surface area (Å²) in [5.41, 5.74) is 7.98. The number of carbonyl (C=O) groups excluding carboxylic acids is 1. The smallest absolute Gasteiger partial charge is 0.243 e. The van der Waals surface area contributed by atoms with Crippen LogP contribution in [0.1, 0.15) is 50.3 Å². The zero-order valence-corrected chi connectivity index (χ0v) is 16.0. The molecule has 1 amide bonds. The highest BCUT2D eigenvalue weighted by atomic mass is 32.2. The summed E-state index contributed by atoms with van der Waals surface area (Å²) in [5.74, 6) is -0.559. The van der Waals surface area contributed by atoms with Gasteiger partial charge >= 0.3 is 0 Å². The van der Waals surface area contributed by atoms with Crippen molar-refractivity contribution < 1.29 is 13.2 Å². The van der Waals surface area contributed by atoms with Crippen LogP contribution in [0.25, 0.3) is 0 Å². The van der Waals surface area contributed by atoms with Gasteiger partial charge in [0.25, 0.3) is 0 Å². The minimum Gasteiger partial charge on any atom is -0.369 e. The Hall–Kier alpha value is -1.40. The number of sulfonamides is 1. The Labute approximate surface area is 145 Å². The molecule has 1 aromatic rings. The third kappa shape index (κ3) is 3.64. The van der Waals surface area contributed by atoms with Crippen LogP contribution in [0.3, 0.4) is 0 Å². The molecule has 0 radical (unpaired) electrons. The molecule has 2 rings (SSSR count). The number of piperidine rings is 1. The maximum absolute atomic E-state index is 13.1. The van der Waals surface area contributed by atoms with E-state index in [2.05, 4.69) is 20.8 Å². The van der Waals surface area contributed by atoms with E-state index in [4.69, 9.17) is 5.73 Å². The zero-order chi connectivity index (χ0) is 18.3. The van der Waals surface area contributed by atoms with Crippen LogP contribution in [0.5, 0.6) is 0 Å². The topological polar surface area (TPSA) is 80.5 Å². The highest BCUT2D eigenvalue weighted by molar-refractivity contribution is 7.89. The minimum atomic E-state index is -3.55. The molecule has 1 saturated heterocycles. The first kappa shape index (κ1) is 18.9. The second-order valence-electron chi connectivity index (χ2n) is 7.77. The Morgan fingerprint density at radius 1 is 1.12 bits per heavy atom. The van der Waals surface area contributed by atoms with E-state index < -0.39 is 10.0 Å². The Morgan fingerprint density at radius 3 is 1.96 bits per heavy atom. The fourth-order valence-electron chi connectivity index (χ4n) is 3.30. The van der Waals surface area contributed by atoms with Gasteiger partial charge in [0, 0.05) is 19.0 Å². The molecule has 0 atom stereocenters. The standard InChI is InChI=1S/C18H28N2O3S/c1-12-10-15(18(3,4)5)11-13(2)16(12)24(22,23)20-8-6-14(7-9-20)17(19)21/h10-11,14H,6-9H2,1-5H3,(H2,19,21). The van der Waals surface area contributed by atoms with Crippen LogP contribution in [0.2, 0.25) is 0 Å². The van der Waals surface area contributed by atoms with E-state index in [1.54, 1.807) is 0 Å². The molecule has 6 heteroatoms. The summed E-state index contributed by atoms with van der Waals surface area (Å²) in [5, 5.41) is 0. The molecule has 0 unspecified atom stereocenters. The lowest BCUT2D eigenvalue weighted by Crippen LogP contribution is -2.42. The summed E-state index contributed by atoms with van der Waals surface area (Å²) in [6, 6.07) is 3.94. The number of aryl methyl sites for hydroxylation is 2. The van der Waals surface area contributed by atoms with E-state index in [1.807, 2.05) is 26.0 Å². The molecule has 134 valence electrons. The second kappa shape index (κ2) is 6.48. The fraction of sp³-hybridized carbons (Fsp3) is 0.611. The zero-order valence-electron chi connectivity index (χ0n) is 15.2. The van der Waals surface area contributed by atoms with Crippen molar-refractivity contribution in [2.75, 3.05) is 13.1 Å². The van der Waals surface area contributed by atoms with Crippen molar-refractivity contribution in [3.63, 3.8) is 0 Å². The van der Waals surface area contributed by atoms with Crippen molar-refractivity contribution >= 4 is 15.9 Å². The van der Waals surface area contributed by atoms with Gasteiger partial charge in [-0.1, -0.05) is 32.9 Å². The van der Waals surface area contributed by atoms with Gasteiger partial charge in [0.1, 0.15) is 0 Å². The van der Waals surface area contributed by atoms with Crippen molar-refractivity contribution in [1.29, 1.82) is 0 Å². The molecule has 0 saturated carbocycles. The Bertz CT molecular complexity index is 717. The molecule has 1 aromatic carbocycles. The van der Waals surface area contributed by atoms with Crippen molar-refractivity contribution in [2.24, 2.45) is 11.7 Å². The molecule has 24 heavy (non-hydrogen) atoms. The molecule has 0 aromatic heterocycles. The van der Waals surface area contributed by atoms with Crippen LogP contribution in [0.15, 0.2) is 17.0 Å². The lowest BCUT2D eigenvalue weighted by atomic mass is 9.85. The van der Waals surface area contributed by atoms with E-state index in [-0.39, 0.29) is 17.2 Å². The van der Waals surface area contributed by atoms with Crippen LogP contribution in [-0.4, -0.2) is 31.7 Å². The van der Waals surface area contributed by atoms with Gasteiger partial charge in [-0.15, -0.1) is 0 Å². The summed E-state index contributed by atoms with van der Waals surface area (Å²) in [6.45, 7) is 10.7. The number of primary amides is 1. The summed E-state index contributed by atoms with van der Waals surface area (Å²) < 4.78 is 27.6. The molecule has 0 spiro atoms. The fourth-order valence-corrected chi connectivity index (χ4v) is 5.18. The highest BCUT2D eigenvalue weighted by Crippen LogP contribution is 2.32. The van der Waals surface area contributed by atoms with Gasteiger partial charge in [-0.25, -0.2) is 8.42 Å². The quantitative estimate of drug-likeness (QED) is 0.907. The molecular weight excluding hydrogens is 324 g/mol. The van der Waals surface area contributed by atoms with Gasteiger partial charge < -0.3 is 5.73 Å². The molecule has 1 aliphatic rings. The van der Waals surface area contributed by atoms with Crippen molar-refractivity contribution in [1.82, 2.24) is 4.31 Å². The number of amides is 1. The average Bonchev–Trinajstić information content (AvgIpc) is 2.45. The number of carbonyl (C=O) groups is 1. The number of nitrogens with two attached hydrogens (primary N) is 1. The van der Waals surface area contributed by atoms with Crippen LogP contribution in [0, 0.1) is 19.8 Å². The molecule has 1 aliphatic heterocycles. The maximum Gasteiger partial charge on any atom is 0.243 e. The Kier molecular flexibility index (Phi) is 5.11. The lowest BCUT2D eigenvalue weighted by Gasteiger charge is -2.31. The second-order valence-corrected chi connectivity index (χ2v) is 9.64. The van der Waals surface area contributed by atoms with E-state index in [9.17, 15) is 13.2 Å².